The fraction of sp³-hybridized carbons (Fsp3) is 0.125. The summed E-state index contributed by atoms with van der Waals surface area (Å²) in [6.07, 6.45) is 3.32. The maximum absolute atomic E-state index is 8.22. The fourth-order valence-electron chi connectivity index (χ4n) is 0.695. The lowest BCUT2D eigenvalue weighted by Gasteiger charge is -1.84. The number of allylic oxidation sites excluding steroid dienone is 1. The third-order valence-corrected chi connectivity index (χ3v) is 2.10. The van der Waals surface area contributed by atoms with E-state index in [0.717, 1.165) is 5.56 Å². The average molecular weight is 149 g/mol. The van der Waals surface area contributed by atoms with Gasteiger partial charge in [0.25, 0.3) is 0 Å². The molecule has 0 saturated carbocycles. The van der Waals surface area contributed by atoms with E-state index in [2.05, 4.69) is 0 Å². The summed E-state index contributed by atoms with van der Waals surface area (Å²) in [6.45, 7) is 2.04. The Labute approximate surface area is 64.2 Å². The molecule has 2 heteroatoms. The number of nitriles is 1. The van der Waals surface area contributed by atoms with Gasteiger partial charge in [0.1, 0.15) is 0 Å². The first-order valence-corrected chi connectivity index (χ1v) is 3.83. The third-order valence-electron chi connectivity index (χ3n) is 1.24. The zero-order chi connectivity index (χ0) is 7.40. The fourth-order valence-corrected chi connectivity index (χ4v) is 1.39. The second kappa shape index (κ2) is 3.19. The Morgan fingerprint density at radius 2 is 2.50 bits per heavy atom. The Kier molecular flexibility index (Phi) is 2.24. The summed E-state index contributed by atoms with van der Waals surface area (Å²) < 4.78 is 0. The van der Waals surface area contributed by atoms with E-state index in [0.29, 0.717) is 0 Å². The highest BCUT2D eigenvalue weighted by molar-refractivity contribution is 7.10. The normalized spacial score (nSPS) is 10.0. The van der Waals surface area contributed by atoms with Crippen LogP contribution in [0, 0.1) is 18.3 Å². The van der Waals surface area contributed by atoms with Gasteiger partial charge in [0, 0.05) is 11.0 Å². The summed E-state index contributed by atoms with van der Waals surface area (Å²) in [6, 6.07) is 3.97. The summed E-state index contributed by atoms with van der Waals surface area (Å²) >= 11 is 1.69. The van der Waals surface area contributed by atoms with E-state index in [9.17, 15) is 0 Å². The van der Waals surface area contributed by atoms with Gasteiger partial charge in [-0.15, -0.1) is 11.3 Å². The lowest BCUT2D eigenvalue weighted by molar-refractivity contribution is 1.53. The monoisotopic (exact) mass is 149 g/mol. The molecule has 1 aromatic heterocycles. The summed E-state index contributed by atoms with van der Waals surface area (Å²) in [5, 5.41) is 10.2. The molecule has 0 aromatic carbocycles. The van der Waals surface area contributed by atoms with Gasteiger partial charge in [0.2, 0.25) is 0 Å². The molecule has 0 bridgehead atoms. The average Bonchev–Trinajstić information content (AvgIpc) is 2.31. The highest BCUT2D eigenvalue weighted by Crippen LogP contribution is 2.15. The van der Waals surface area contributed by atoms with Gasteiger partial charge in [-0.2, -0.15) is 5.26 Å². The van der Waals surface area contributed by atoms with Crippen molar-refractivity contribution in [2.45, 2.75) is 6.92 Å². The zero-order valence-electron chi connectivity index (χ0n) is 5.66. The molecule has 0 unspecified atom stereocenters. The molecule has 0 N–H and O–H groups in total. The molecule has 0 fully saturated rings. The van der Waals surface area contributed by atoms with Crippen LogP contribution in [0.3, 0.4) is 0 Å². The minimum Gasteiger partial charge on any atom is -0.193 e. The first-order chi connectivity index (χ1) is 4.84. The van der Waals surface area contributed by atoms with Gasteiger partial charge in [-0.3, -0.25) is 0 Å². The van der Waals surface area contributed by atoms with Crippen LogP contribution >= 0.6 is 11.3 Å². The molecule has 1 aromatic rings. The lowest BCUT2D eigenvalue weighted by atomic mass is 10.2. The summed E-state index contributed by atoms with van der Waals surface area (Å²) in [4.78, 5) is 1.26. The van der Waals surface area contributed by atoms with Crippen molar-refractivity contribution in [1.29, 1.82) is 5.26 Å². The van der Waals surface area contributed by atoms with Crippen LogP contribution in [0.15, 0.2) is 17.5 Å². The topological polar surface area (TPSA) is 23.8 Å². The van der Waals surface area contributed by atoms with Gasteiger partial charge in [0.05, 0.1) is 6.07 Å². The Hall–Kier alpha value is -1.07. The summed E-state index contributed by atoms with van der Waals surface area (Å²) in [5.41, 5.74) is 1.14. The molecule has 1 heterocycles. The van der Waals surface area contributed by atoms with Crippen LogP contribution < -0.4 is 0 Å². The molecule has 0 amide bonds. The Bertz CT molecular complexity index is 278. The quantitative estimate of drug-likeness (QED) is 0.563. The van der Waals surface area contributed by atoms with Crippen LogP contribution in [-0.2, 0) is 0 Å². The Balaban J connectivity index is 2.87. The highest BCUT2D eigenvalue weighted by atomic mass is 32.1. The van der Waals surface area contributed by atoms with E-state index in [-0.39, 0.29) is 0 Å². The van der Waals surface area contributed by atoms with Crippen molar-refractivity contribution < 1.29 is 0 Å². The van der Waals surface area contributed by atoms with Crippen molar-refractivity contribution >= 4 is 17.4 Å². The van der Waals surface area contributed by atoms with Gasteiger partial charge < -0.3 is 0 Å². The standard InChI is InChI=1S/C8H7NS/c1-7-8(3-2-5-9)4-6-10-7/h2-4,6H,1H3/b3-2+. The Morgan fingerprint density at radius 3 is 3.00 bits per heavy atom. The third kappa shape index (κ3) is 1.46. The molecule has 0 spiro atoms. The number of hydrogen-bond acceptors (Lipinski definition) is 2. The van der Waals surface area contributed by atoms with Crippen molar-refractivity contribution in [2.75, 3.05) is 0 Å². The highest BCUT2D eigenvalue weighted by Gasteiger charge is 1.91. The van der Waals surface area contributed by atoms with E-state index in [1.165, 1.54) is 11.0 Å². The van der Waals surface area contributed by atoms with Gasteiger partial charge in [-0.05, 0) is 30.0 Å². The first kappa shape index (κ1) is 7.04. The molecular weight excluding hydrogens is 142 g/mol. The molecule has 50 valence electrons. The molecular formula is C8H7NS. The lowest BCUT2D eigenvalue weighted by Crippen LogP contribution is -1.65. The van der Waals surface area contributed by atoms with Crippen LogP contribution in [0.2, 0.25) is 0 Å². The van der Waals surface area contributed by atoms with Crippen LogP contribution in [0.1, 0.15) is 10.4 Å². The van der Waals surface area contributed by atoms with Crippen LogP contribution in [0.5, 0.6) is 0 Å². The van der Waals surface area contributed by atoms with E-state index in [4.69, 9.17) is 5.26 Å². The number of nitrogens with zero attached hydrogens (tertiary/aromatic N) is 1. The molecule has 1 rings (SSSR count). The zero-order valence-corrected chi connectivity index (χ0v) is 6.48. The van der Waals surface area contributed by atoms with Crippen LogP contribution in [0.4, 0.5) is 0 Å². The van der Waals surface area contributed by atoms with Gasteiger partial charge >= 0.3 is 0 Å². The molecule has 0 saturated heterocycles. The van der Waals surface area contributed by atoms with Crippen molar-refractivity contribution in [3.05, 3.63) is 28.0 Å². The first-order valence-electron chi connectivity index (χ1n) is 2.95. The van der Waals surface area contributed by atoms with Crippen molar-refractivity contribution in [3.63, 3.8) is 0 Å². The van der Waals surface area contributed by atoms with Crippen molar-refractivity contribution in [3.8, 4) is 6.07 Å². The predicted octanol–water partition coefficient (Wildman–Crippen LogP) is 2.59. The Morgan fingerprint density at radius 1 is 1.70 bits per heavy atom. The van der Waals surface area contributed by atoms with E-state index < -0.39 is 0 Å². The molecule has 0 aliphatic carbocycles. The molecule has 0 atom stereocenters. The molecule has 1 nitrogen and oxygen atoms in total. The van der Waals surface area contributed by atoms with Gasteiger partial charge in [0.15, 0.2) is 0 Å². The second-order valence-corrected chi connectivity index (χ2v) is 3.01. The second-order valence-electron chi connectivity index (χ2n) is 1.89. The van der Waals surface area contributed by atoms with Gasteiger partial charge in [-0.1, -0.05) is 0 Å². The van der Waals surface area contributed by atoms with Gasteiger partial charge in [-0.25, -0.2) is 0 Å². The largest absolute Gasteiger partial charge is 0.193 e. The summed E-state index contributed by atoms with van der Waals surface area (Å²) in [7, 11) is 0. The van der Waals surface area contributed by atoms with E-state index in [1.807, 2.05) is 30.5 Å². The minimum absolute atomic E-state index is 1.14. The molecule has 0 aliphatic rings. The number of aryl methyl sites for hydroxylation is 1. The predicted molar refractivity (Wildman–Crippen MR) is 43.7 cm³/mol. The SMILES string of the molecule is Cc1sccc1/C=C/C#N. The minimum atomic E-state index is 1.14. The molecule has 0 radical (unpaired) electrons. The molecule has 10 heavy (non-hydrogen) atoms. The van der Waals surface area contributed by atoms with E-state index >= 15 is 0 Å². The molecule has 0 aliphatic heterocycles. The van der Waals surface area contributed by atoms with E-state index in [1.54, 1.807) is 11.3 Å². The maximum atomic E-state index is 8.22. The van der Waals surface area contributed by atoms with Crippen LogP contribution in [0.25, 0.3) is 6.08 Å². The maximum Gasteiger partial charge on any atom is 0.0912 e. The van der Waals surface area contributed by atoms with Crippen molar-refractivity contribution in [1.82, 2.24) is 0 Å². The van der Waals surface area contributed by atoms with Crippen LogP contribution in [-0.4, -0.2) is 0 Å². The smallest absolute Gasteiger partial charge is 0.0912 e. The number of thiophene rings is 1. The van der Waals surface area contributed by atoms with Crippen molar-refractivity contribution in [2.24, 2.45) is 0 Å². The number of hydrogen-bond donors (Lipinski definition) is 0. The number of rotatable bonds is 1. The summed E-state index contributed by atoms with van der Waals surface area (Å²) in [5.74, 6) is 0.